The van der Waals surface area contributed by atoms with Gasteiger partial charge < -0.3 is 4.90 Å². The zero-order valence-corrected chi connectivity index (χ0v) is 10.9. The molecule has 4 nitrogen and oxygen atoms in total. The number of likely N-dealkylation sites (tertiary alicyclic amines) is 1. The molecule has 2 rings (SSSR count). The minimum atomic E-state index is -4.23. The second-order valence-electron chi connectivity index (χ2n) is 4.90. The Morgan fingerprint density at radius 3 is 2.68 bits per heavy atom. The second kappa shape index (κ2) is 4.86. The number of carbonyl (C=O) groups excluding carboxylic acids is 1. The molecule has 0 aromatic carbocycles. The van der Waals surface area contributed by atoms with Crippen LogP contribution in [0.2, 0.25) is 0 Å². The lowest BCUT2D eigenvalue weighted by Crippen LogP contribution is -2.44. The van der Waals surface area contributed by atoms with Crippen LogP contribution in [0.4, 0.5) is 13.2 Å². The third kappa shape index (κ3) is 2.74. The maximum absolute atomic E-state index is 12.7. The van der Waals surface area contributed by atoms with Gasteiger partial charge in [-0.25, -0.2) is 0 Å². The van der Waals surface area contributed by atoms with E-state index in [4.69, 9.17) is 0 Å². The molecule has 1 aromatic heterocycles. The molecule has 2 heterocycles. The van der Waals surface area contributed by atoms with Crippen molar-refractivity contribution in [3.8, 4) is 0 Å². The summed E-state index contributed by atoms with van der Waals surface area (Å²) < 4.78 is 39.7. The quantitative estimate of drug-likeness (QED) is 0.787. The van der Waals surface area contributed by atoms with Gasteiger partial charge in [0, 0.05) is 25.8 Å². The Kier molecular flexibility index (Phi) is 3.56. The van der Waals surface area contributed by atoms with Gasteiger partial charge in [0.05, 0.1) is 17.7 Å². The predicted molar refractivity (Wildman–Crippen MR) is 62.6 cm³/mol. The van der Waals surface area contributed by atoms with Crippen molar-refractivity contribution in [1.82, 2.24) is 14.7 Å². The van der Waals surface area contributed by atoms with Crippen LogP contribution in [0, 0.1) is 12.8 Å². The summed E-state index contributed by atoms with van der Waals surface area (Å²) in [5.74, 6) is -1.78. The first kappa shape index (κ1) is 13.9. The number of carbonyl (C=O) groups is 1. The average Bonchev–Trinajstić information content (AvgIpc) is 2.68. The van der Waals surface area contributed by atoms with Crippen molar-refractivity contribution in [3.05, 3.63) is 17.5 Å². The van der Waals surface area contributed by atoms with E-state index in [-0.39, 0.29) is 18.9 Å². The van der Waals surface area contributed by atoms with Crippen LogP contribution in [0.3, 0.4) is 0 Å². The summed E-state index contributed by atoms with van der Waals surface area (Å²) in [6, 6.07) is 0. The smallest absolute Gasteiger partial charge is 0.338 e. The number of nitrogens with zero attached hydrogens (tertiary/aromatic N) is 3. The molecule has 0 spiro atoms. The lowest BCUT2D eigenvalue weighted by molar-refractivity contribution is -0.184. The van der Waals surface area contributed by atoms with E-state index < -0.39 is 12.1 Å². The SMILES string of the molecule is Cc1c(C(=O)N2CCC[C@@H](C(F)(F)F)C2)cnn1C. The number of hydrogen-bond donors (Lipinski definition) is 0. The van der Waals surface area contributed by atoms with Crippen molar-refractivity contribution < 1.29 is 18.0 Å². The number of aromatic nitrogens is 2. The Bertz CT molecular complexity index is 481. The Hall–Kier alpha value is -1.53. The van der Waals surface area contributed by atoms with Crippen LogP contribution in [0.25, 0.3) is 0 Å². The van der Waals surface area contributed by atoms with Gasteiger partial charge in [-0.15, -0.1) is 0 Å². The molecule has 7 heteroatoms. The van der Waals surface area contributed by atoms with Gasteiger partial charge in [0.2, 0.25) is 0 Å². The topological polar surface area (TPSA) is 38.1 Å². The van der Waals surface area contributed by atoms with Gasteiger partial charge in [-0.05, 0) is 19.8 Å². The monoisotopic (exact) mass is 275 g/mol. The molecule has 0 bridgehead atoms. The number of halogens is 3. The highest BCUT2D eigenvalue weighted by molar-refractivity contribution is 5.95. The van der Waals surface area contributed by atoms with Gasteiger partial charge in [0.1, 0.15) is 0 Å². The first-order valence-electron chi connectivity index (χ1n) is 6.15. The Morgan fingerprint density at radius 2 is 2.16 bits per heavy atom. The summed E-state index contributed by atoms with van der Waals surface area (Å²) >= 11 is 0. The van der Waals surface area contributed by atoms with E-state index in [1.54, 1.807) is 18.7 Å². The first-order valence-corrected chi connectivity index (χ1v) is 6.15. The fourth-order valence-electron chi connectivity index (χ4n) is 2.31. The van der Waals surface area contributed by atoms with Crippen LogP contribution in [0.1, 0.15) is 28.9 Å². The first-order chi connectivity index (χ1) is 8.80. The van der Waals surface area contributed by atoms with Crippen LogP contribution in [0.15, 0.2) is 6.20 Å². The van der Waals surface area contributed by atoms with Crippen molar-refractivity contribution in [2.75, 3.05) is 13.1 Å². The van der Waals surface area contributed by atoms with E-state index >= 15 is 0 Å². The summed E-state index contributed by atoms with van der Waals surface area (Å²) in [5, 5.41) is 3.95. The Balaban J connectivity index is 2.14. The summed E-state index contributed by atoms with van der Waals surface area (Å²) in [6.45, 7) is 1.85. The average molecular weight is 275 g/mol. The van der Waals surface area contributed by atoms with Crippen molar-refractivity contribution in [2.45, 2.75) is 25.9 Å². The van der Waals surface area contributed by atoms with Crippen molar-refractivity contribution in [3.63, 3.8) is 0 Å². The molecule has 1 atom stereocenters. The number of hydrogen-bond acceptors (Lipinski definition) is 2. The largest absolute Gasteiger partial charge is 0.393 e. The highest BCUT2D eigenvalue weighted by atomic mass is 19.4. The lowest BCUT2D eigenvalue weighted by atomic mass is 9.97. The van der Waals surface area contributed by atoms with Crippen molar-refractivity contribution in [2.24, 2.45) is 13.0 Å². The normalized spacial score (nSPS) is 20.7. The molecule has 0 radical (unpaired) electrons. The van der Waals surface area contributed by atoms with Gasteiger partial charge in [0.25, 0.3) is 5.91 Å². The molecule has 1 aliphatic heterocycles. The van der Waals surface area contributed by atoms with Gasteiger partial charge in [-0.1, -0.05) is 0 Å². The number of piperidine rings is 1. The van der Waals surface area contributed by atoms with Crippen LogP contribution in [-0.2, 0) is 7.05 Å². The van der Waals surface area contributed by atoms with E-state index in [0.29, 0.717) is 24.2 Å². The Morgan fingerprint density at radius 1 is 1.47 bits per heavy atom. The Labute approximate surface area is 109 Å². The number of alkyl halides is 3. The van der Waals surface area contributed by atoms with Crippen LogP contribution < -0.4 is 0 Å². The van der Waals surface area contributed by atoms with E-state index in [1.165, 1.54) is 11.1 Å². The molecule has 0 N–H and O–H groups in total. The second-order valence-corrected chi connectivity index (χ2v) is 4.90. The van der Waals surface area contributed by atoms with Gasteiger partial charge in [-0.3, -0.25) is 9.48 Å². The van der Waals surface area contributed by atoms with Crippen molar-refractivity contribution in [1.29, 1.82) is 0 Å². The highest BCUT2D eigenvalue weighted by Crippen LogP contribution is 2.33. The summed E-state index contributed by atoms with van der Waals surface area (Å²) in [6.07, 6.45) is -2.34. The maximum Gasteiger partial charge on any atom is 0.393 e. The maximum atomic E-state index is 12.7. The van der Waals surface area contributed by atoms with E-state index in [2.05, 4.69) is 5.10 Å². The molecule has 0 aliphatic carbocycles. The van der Waals surface area contributed by atoms with E-state index in [1.807, 2.05) is 0 Å². The molecule has 1 aromatic rings. The molecule has 0 saturated carbocycles. The molecular weight excluding hydrogens is 259 g/mol. The molecule has 106 valence electrons. The third-order valence-electron chi connectivity index (χ3n) is 3.64. The minimum absolute atomic E-state index is 0.0965. The summed E-state index contributed by atoms with van der Waals surface area (Å²) in [4.78, 5) is 13.5. The standard InChI is InChI=1S/C12H16F3N3O/c1-8-10(6-16-17(8)2)11(19)18-5-3-4-9(7-18)12(13,14)15/h6,9H,3-5,7H2,1-2H3/t9-/m1/s1. The minimum Gasteiger partial charge on any atom is -0.338 e. The number of aryl methyl sites for hydroxylation is 1. The van der Waals surface area contributed by atoms with Crippen molar-refractivity contribution >= 4 is 5.91 Å². The molecule has 19 heavy (non-hydrogen) atoms. The number of amides is 1. The molecule has 0 unspecified atom stereocenters. The highest BCUT2D eigenvalue weighted by Gasteiger charge is 2.42. The molecule has 1 amide bonds. The fourth-order valence-corrected chi connectivity index (χ4v) is 2.31. The molecular formula is C12H16F3N3O. The number of rotatable bonds is 1. The van der Waals surface area contributed by atoms with Crippen LogP contribution in [-0.4, -0.2) is 39.9 Å². The lowest BCUT2D eigenvalue weighted by Gasteiger charge is -2.33. The fraction of sp³-hybridized carbons (Fsp3) is 0.667. The van der Waals surface area contributed by atoms with Gasteiger partial charge in [-0.2, -0.15) is 18.3 Å². The van der Waals surface area contributed by atoms with Crippen LogP contribution >= 0.6 is 0 Å². The molecule has 1 aliphatic rings. The molecule has 1 saturated heterocycles. The van der Waals surface area contributed by atoms with E-state index in [0.717, 1.165) is 0 Å². The zero-order chi connectivity index (χ0) is 14.2. The molecule has 1 fully saturated rings. The summed E-state index contributed by atoms with van der Waals surface area (Å²) in [5.41, 5.74) is 1.05. The van der Waals surface area contributed by atoms with Crippen LogP contribution in [0.5, 0.6) is 0 Å². The van der Waals surface area contributed by atoms with Gasteiger partial charge >= 0.3 is 6.18 Å². The van der Waals surface area contributed by atoms with E-state index in [9.17, 15) is 18.0 Å². The van der Waals surface area contributed by atoms with Gasteiger partial charge in [0.15, 0.2) is 0 Å². The third-order valence-corrected chi connectivity index (χ3v) is 3.64. The predicted octanol–water partition coefficient (Wildman–Crippen LogP) is 2.14. The zero-order valence-electron chi connectivity index (χ0n) is 10.9. The summed E-state index contributed by atoms with van der Waals surface area (Å²) in [7, 11) is 1.70.